The van der Waals surface area contributed by atoms with E-state index in [1.54, 1.807) is 17.0 Å². The van der Waals surface area contributed by atoms with E-state index in [9.17, 15) is 14.0 Å². The second-order valence-electron chi connectivity index (χ2n) is 6.73. The molecule has 1 aliphatic rings. The van der Waals surface area contributed by atoms with Crippen LogP contribution in [0.25, 0.3) is 0 Å². The molecule has 6 heteroatoms. The van der Waals surface area contributed by atoms with Crippen molar-refractivity contribution in [2.24, 2.45) is 5.92 Å². The molecule has 0 heterocycles. The van der Waals surface area contributed by atoms with Gasteiger partial charge >= 0.3 is 0 Å². The van der Waals surface area contributed by atoms with Gasteiger partial charge in [0.2, 0.25) is 11.8 Å². The first-order valence-corrected chi connectivity index (χ1v) is 9.41. The van der Waals surface area contributed by atoms with Gasteiger partial charge in [-0.05, 0) is 48.6 Å². The normalized spacial score (nSPS) is 18.0. The van der Waals surface area contributed by atoms with E-state index in [1.807, 2.05) is 31.2 Å². The molecule has 0 aliphatic heterocycles. The average Bonchev–Trinajstić information content (AvgIpc) is 3.46. The number of amides is 2. The van der Waals surface area contributed by atoms with E-state index < -0.39 is 0 Å². The fourth-order valence-corrected chi connectivity index (χ4v) is 3.48. The van der Waals surface area contributed by atoms with Gasteiger partial charge in [-0.25, -0.2) is 4.39 Å². The lowest BCUT2D eigenvalue weighted by atomic mass is 10.1. The third-order valence-electron chi connectivity index (χ3n) is 4.84. The summed E-state index contributed by atoms with van der Waals surface area (Å²) in [4.78, 5) is 26.5. The predicted octanol–water partition coefficient (Wildman–Crippen LogP) is 3.75. The molecule has 1 N–H and O–H groups in total. The summed E-state index contributed by atoms with van der Waals surface area (Å²) >= 11 is 6.22. The van der Waals surface area contributed by atoms with Crippen molar-refractivity contribution in [3.05, 3.63) is 70.5 Å². The number of halogens is 2. The molecule has 27 heavy (non-hydrogen) atoms. The van der Waals surface area contributed by atoms with Gasteiger partial charge in [0, 0.05) is 24.0 Å². The zero-order chi connectivity index (χ0) is 19.4. The van der Waals surface area contributed by atoms with Crippen LogP contribution in [0, 0.1) is 11.7 Å². The van der Waals surface area contributed by atoms with Crippen LogP contribution in [-0.4, -0.2) is 29.8 Å². The maximum absolute atomic E-state index is 12.9. The molecule has 0 bridgehead atoms. The second-order valence-corrected chi connectivity index (χ2v) is 7.13. The molecule has 3 rings (SSSR count). The van der Waals surface area contributed by atoms with Crippen LogP contribution >= 0.6 is 11.6 Å². The Morgan fingerprint density at radius 3 is 2.56 bits per heavy atom. The minimum absolute atomic E-state index is 0.0145. The summed E-state index contributed by atoms with van der Waals surface area (Å²) in [5, 5.41) is 3.45. The number of carbonyl (C=O) groups is 2. The summed E-state index contributed by atoms with van der Waals surface area (Å²) in [6, 6.07) is 13.5. The lowest BCUT2D eigenvalue weighted by Crippen LogP contribution is -2.41. The molecule has 4 nitrogen and oxygen atoms in total. The number of nitrogens with one attached hydrogen (secondary N) is 1. The Morgan fingerprint density at radius 1 is 1.19 bits per heavy atom. The van der Waals surface area contributed by atoms with Crippen molar-refractivity contribution in [2.75, 3.05) is 13.1 Å². The van der Waals surface area contributed by atoms with E-state index in [0.717, 1.165) is 17.5 Å². The number of carbonyl (C=O) groups excluding carboxylic acids is 2. The monoisotopic (exact) mass is 388 g/mol. The largest absolute Gasteiger partial charge is 0.350 e. The molecule has 2 aromatic carbocycles. The Balaban J connectivity index is 1.52. The average molecular weight is 389 g/mol. The molecule has 0 radical (unpaired) electrons. The van der Waals surface area contributed by atoms with Crippen molar-refractivity contribution in [2.45, 2.75) is 25.8 Å². The molecule has 2 aromatic rings. The first-order valence-electron chi connectivity index (χ1n) is 9.04. The first-order chi connectivity index (χ1) is 13.0. The van der Waals surface area contributed by atoms with E-state index in [1.165, 1.54) is 12.1 Å². The van der Waals surface area contributed by atoms with Crippen LogP contribution in [0.1, 0.15) is 30.4 Å². The van der Waals surface area contributed by atoms with Gasteiger partial charge in [-0.1, -0.05) is 41.9 Å². The van der Waals surface area contributed by atoms with Crippen molar-refractivity contribution in [3.63, 3.8) is 0 Å². The van der Waals surface area contributed by atoms with Gasteiger partial charge in [-0.2, -0.15) is 0 Å². The number of hydrogen-bond acceptors (Lipinski definition) is 2. The van der Waals surface area contributed by atoms with E-state index in [4.69, 9.17) is 11.6 Å². The van der Waals surface area contributed by atoms with Crippen LogP contribution < -0.4 is 5.32 Å². The van der Waals surface area contributed by atoms with Gasteiger partial charge in [0.15, 0.2) is 0 Å². The Bertz CT molecular complexity index is 825. The molecule has 0 spiro atoms. The topological polar surface area (TPSA) is 49.4 Å². The SMILES string of the molecule is CCN(CC(=O)NCc1ccc(F)cc1)C(=O)C1CC1c1ccccc1Cl. The van der Waals surface area contributed by atoms with Crippen molar-refractivity contribution in [1.82, 2.24) is 10.2 Å². The summed E-state index contributed by atoms with van der Waals surface area (Å²) in [5.41, 5.74) is 1.80. The van der Waals surface area contributed by atoms with Gasteiger partial charge in [0.25, 0.3) is 0 Å². The predicted molar refractivity (Wildman–Crippen MR) is 103 cm³/mol. The number of hydrogen-bond donors (Lipinski definition) is 1. The summed E-state index contributed by atoms with van der Waals surface area (Å²) in [5.74, 6) is -0.550. The van der Waals surface area contributed by atoms with E-state index in [-0.39, 0.29) is 36.0 Å². The number of nitrogens with zero attached hydrogens (tertiary/aromatic N) is 1. The van der Waals surface area contributed by atoms with Crippen LogP contribution in [0.5, 0.6) is 0 Å². The van der Waals surface area contributed by atoms with Gasteiger partial charge in [-0.3, -0.25) is 9.59 Å². The van der Waals surface area contributed by atoms with Crippen LogP contribution in [0.4, 0.5) is 4.39 Å². The third-order valence-corrected chi connectivity index (χ3v) is 5.19. The molecule has 1 saturated carbocycles. The lowest BCUT2D eigenvalue weighted by Gasteiger charge is -2.20. The highest BCUT2D eigenvalue weighted by atomic mass is 35.5. The molecular formula is C21H22ClFN2O2. The van der Waals surface area contributed by atoms with Crippen molar-refractivity contribution >= 4 is 23.4 Å². The quantitative estimate of drug-likeness (QED) is 0.785. The highest BCUT2D eigenvalue weighted by molar-refractivity contribution is 6.31. The highest BCUT2D eigenvalue weighted by Gasteiger charge is 2.46. The minimum Gasteiger partial charge on any atom is -0.350 e. The molecule has 0 aromatic heterocycles. The van der Waals surface area contributed by atoms with Crippen LogP contribution in [0.3, 0.4) is 0 Å². The van der Waals surface area contributed by atoms with Crippen molar-refractivity contribution < 1.29 is 14.0 Å². The maximum Gasteiger partial charge on any atom is 0.239 e. The number of rotatable bonds is 7. The standard InChI is InChI=1S/C21H22ClFN2O2/c1-2-25(13-20(26)24-12-14-7-9-15(23)10-8-14)21(27)18-11-17(18)16-5-3-4-6-19(16)22/h3-10,17-18H,2,11-13H2,1H3,(H,24,26). The molecule has 0 saturated heterocycles. The zero-order valence-electron chi connectivity index (χ0n) is 15.1. The van der Waals surface area contributed by atoms with Crippen molar-refractivity contribution in [3.8, 4) is 0 Å². The van der Waals surface area contributed by atoms with E-state index >= 15 is 0 Å². The molecule has 142 valence electrons. The molecule has 2 unspecified atom stereocenters. The highest BCUT2D eigenvalue weighted by Crippen LogP contribution is 2.50. The van der Waals surface area contributed by atoms with Gasteiger partial charge < -0.3 is 10.2 Å². The smallest absolute Gasteiger partial charge is 0.239 e. The molecular weight excluding hydrogens is 367 g/mol. The fourth-order valence-electron chi connectivity index (χ4n) is 3.20. The first kappa shape index (κ1) is 19.4. The third kappa shape index (κ3) is 4.86. The number of benzene rings is 2. The maximum atomic E-state index is 12.9. The fraction of sp³-hybridized carbons (Fsp3) is 0.333. The summed E-state index contributed by atoms with van der Waals surface area (Å²) < 4.78 is 12.9. The summed E-state index contributed by atoms with van der Waals surface area (Å²) in [6.07, 6.45) is 0.760. The summed E-state index contributed by atoms with van der Waals surface area (Å²) in [7, 11) is 0. The molecule has 1 aliphatic carbocycles. The Kier molecular flexibility index (Phi) is 6.11. The van der Waals surface area contributed by atoms with Crippen molar-refractivity contribution in [1.29, 1.82) is 0 Å². The number of likely N-dealkylation sites (N-methyl/N-ethyl adjacent to an activating group) is 1. The summed E-state index contributed by atoms with van der Waals surface area (Å²) in [6.45, 7) is 2.64. The lowest BCUT2D eigenvalue weighted by molar-refractivity contribution is -0.137. The van der Waals surface area contributed by atoms with E-state index in [0.29, 0.717) is 18.1 Å². The van der Waals surface area contributed by atoms with Gasteiger partial charge in [0.1, 0.15) is 5.82 Å². The minimum atomic E-state index is -0.315. The van der Waals surface area contributed by atoms with Crippen LogP contribution in [0.2, 0.25) is 5.02 Å². The second kappa shape index (κ2) is 8.53. The Labute approximate surface area is 163 Å². The zero-order valence-corrected chi connectivity index (χ0v) is 15.9. The Hall–Kier alpha value is -2.40. The molecule has 2 atom stereocenters. The van der Waals surface area contributed by atoms with Gasteiger partial charge in [-0.15, -0.1) is 0 Å². The Morgan fingerprint density at radius 2 is 1.89 bits per heavy atom. The van der Waals surface area contributed by atoms with Crippen LogP contribution in [0.15, 0.2) is 48.5 Å². The van der Waals surface area contributed by atoms with E-state index in [2.05, 4.69) is 5.32 Å². The molecule has 1 fully saturated rings. The van der Waals surface area contributed by atoms with Gasteiger partial charge in [0.05, 0.1) is 6.54 Å². The van der Waals surface area contributed by atoms with Crippen LogP contribution in [-0.2, 0) is 16.1 Å². The molecule has 2 amide bonds.